The molecule has 0 aliphatic heterocycles. The summed E-state index contributed by atoms with van der Waals surface area (Å²) < 4.78 is 0. The molecule has 0 N–H and O–H groups in total. The standard InChI is InChI=1S/C50H44N2/c1-37-17-28-46(29-18-37)51(47-30-19-38(2)20-31-47)48-32-22-41(23-33-48)21-24-43-12-8-9-13-44(43)26-25-42-27-34-50(36-40(42)4)52(45-14-6-5-7-15-45)49-16-10-11-39(3)35-49/h5-36H,1-4H3. The van der Waals surface area contributed by atoms with Crippen molar-refractivity contribution in [1.82, 2.24) is 0 Å². The Morgan fingerprint density at radius 2 is 0.750 bits per heavy atom. The summed E-state index contributed by atoms with van der Waals surface area (Å²) in [5.74, 6) is 0. The van der Waals surface area contributed by atoms with Gasteiger partial charge in [-0.1, -0.05) is 132 Å². The largest absolute Gasteiger partial charge is 0.311 e. The highest BCUT2D eigenvalue weighted by molar-refractivity contribution is 5.83. The molecule has 0 atom stereocenters. The second-order valence-electron chi connectivity index (χ2n) is 13.4. The lowest BCUT2D eigenvalue weighted by Gasteiger charge is -2.26. The molecule has 0 spiro atoms. The Morgan fingerprint density at radius 1 is 0.308 bits per heavy atom. The van der Waals surface area contributed by atoms with Crippen LogP contribution < -0.4 is 9.80 Å². The predicted molar refractivity (Wildman–Crippen MR) is 225 cm³/mol. The molecule has 7 aromatic carbocycles. The summed E-state index contributed by atoms with van der Waals surface area (Å²) in [6.07, 6.45) is 8.86. The highest BCUT2D eigenvalue weighted by Gasteiger charge is 2.14. The molecule has 0 bridgehead atoms. The molecule has 0 aromatic heterocycles. The third-order valence-electron chi connectivity index (χ3n) is 9.42. The minimum atomic E-state index is 1.13. The van der Waals surface area contributed by atoms with Crippen molar-refractivity contribution in [1.29, 1.82) is 0 Å². The minimum Gasteiger partial charge on any atom is -0.311 e. The number of hydrogen-bond acceptors (Lipinski definition) is 2. The lowest BCUT2D eigenvalue weighted by molar-refractivity contribution is 1.26. The van der Waals surface area contributed by atoms with Crippen molar-refractivity contribution in [3.8, 4) is 0 Å². The van der Waals surface area contributed by atoms with Crippen molar-refractivity contribution in [2.45, 2.75) is 27.7 Å². The van der Waals surface area contributed by atoms with Gasteiger partial charge in [0.2, 0.25) is 0 Å². The quantitative estimate of drug-likeness (QED) is 0.133. The van der Waals surface area contributed by atoms with Gasteiger partial charge in [0.1, 0.15) is 0 Å². The zero-order valence-corrected chi connectivity index (χ0v) is 30.4. The molecule has 0 radical (unpaired) electrons. The molecule has 0 unspecified atom stereocenters. The maximum absolute atomic E-state index is 2.32. The van der Waals surface area contributed by atoms with Crippen molar-refractivity contribution in [3.63, 3.8) is 0 Å². The van der Waals surface area contributed by atoms with Gasteiger partial charge in [0.05, 0.1) is 0 Å². The molecule has 52 heavy (non-hydrogen) atoms. The Kier molecular flexibility index (Phi) is 10.3. The first-order chi connectivity index (χ1) is 25.4. The third-order valence-corrected chi connectivity index (χ3v) is 9.42. The highest BCUT2D eigenvalue weighted by atomic mass is 15.1. The van der Waals surface area contributed by atoms with Crippen LogP contribution in [-0.4, -0.2) is 0 Å². The second-order valence-corrected chi connectivity index (χ2v) is 13.4. The molecule has 0 heterocycles. The summed E-state index contributed by atoms with van der Waals surface area (Å²) in [6, 6.07) is 60.8. The van der Waals surface area contributed by atoms with Crippen molar-refractivity contribution in [3.05, 3.63) is 214 Å². The SMILES string of the molecule is Cc1ccc(N(c2ccc(C)cc2)c2ccc(C=Cc3ccccc3C=Cc3ccc(N(c4ccccc4)c4cccc(C)c4)cc3C)cc2)cc1. The molecule has 7 rings (SSSR count). The fraction of sp³-hybridized carbons (Fsp3) is 0.0800. The summed E-state index contributed by atoms with van der Waals surface area (Å²) in [5.41, 5.74) is 16.5. The van der Waals surface area contributed by atoms with Gasteiger partial charge < -0.3 is 9.80 Å². The first-order valence-corrected chi connectivity index (χ1v) is 17.9. The lowest BCUT2D eigenvalue weighted by atomic mass is 10.0. The van der Waals surface area contributed by atoms with Crippen LogP contribution in [0.5, 0.6) is 0 Å². The van der Waals surface area contributed by atoms with E-state index in [1.807, 2.05) is 0 Å². The van der Waals surface area contributed by atoms with E-state index in [9.17, 15) is 0 Å². The monoisotopic (exact) mass is 672 g/mol. The van der Waals surface area contributed by atoms with Gasteiger partial charge in [0, 0.05) is 34.1 Å². The summed E-state index contributed by atoms with van der Waals surface area (Å²) in [4.78, 5) is 4.63. The summed E-state index contributed by atoms with van der Waals surface area (Å²) in [6.45, 7) is 8.58. The Labute approximate surface area is 309 Å². The number of hydrogen-bond donors (Lipinski definition) is 0. The lowest BCUT2D eigenvalue weighted by Crippen LogP contribution is -2.10. The topological polar surface area (TPSA) is 6.48 Å². The molecular formula is C50H44N2. The molecule has 254 valence electrons. The molecule has 0 saturated carbocycles. The van der Waals surface area contributed by atoms with Crippen LogP contribution in [0.3, 0.4) is 0 Å². The normalized spacial score (nSPS) is 11.3. The van der Waals surface area contributed by atoms with Crippen molar-refractivity contribution in [2.24, 2.45) is 0 Å². The van der Waals surface area contributed by atoms with Gasteiger partial charge in [-0.15, -0.1) is 0 Å². The van der Waals surface area contributed by atoms with Crippen LogP contribution in [0.2, 0.25) is 0 Å². The fourth-order valence-electron chi connectivity index (χ4n) is 6.53. The first kappa shape index (κ1) is 34.1. The predicted octanol–water partition coefficient (Wildman–Crippen LogP) is 14.2. The Morgan fingerprint density at radius 3 is 1.33 bits per heavy atom. The van der Waals surface area contributed by atoms with Gasteiger partial charge in [-0.3, -0.25) is 0 Å². The van der Waals surface area contributed by atoms with E-state index in [1.165, 1.54) is 38.9 Å². The third kappa shape index (κ3) is 7.98. The number of aryl methyl sites for hydroxylation is 4. The second kappa shape index (κ2) is 15.7. The van der Waals surface area contributed by atoms with Crippen molar-refractivity contribution >= 4 is 58.4 Å². The van der Waals surface area contributed by atoms with Crippen molar-refractivity contribution in [2.75, 3.05) is 9.80 Å². The summed E-state index contributed by atoms with van der Waals surface area (Å²) in [5, 5.41) is 0. The van der Waals surface area contributed by atoms with Crippen LogP contribution in [0, 0.1) is 27.7 Å². The Balaban J connectivity index is 1.11. The zero-order valence-electron chi connectivity index (χ0n) is 30.4. The van der Waals surface area contributed by atoms with Crippen LogP contribution in [-0.2, 0) is 0 Å². The maximum Gasteiger partial charge on any atom is 0.0464 e. The van der Waals surface area contributed by atoms with E-state index in [1.54, 1.807) is 0 Å². The van der Waals surface area contributed by atoms with Gasteiger partial charge in [-0.2, -0.15) is 0 Å². The molecular weight excluding hydrogens is 629 g/mol. The van der Waals surface area contributed by atoms with Crippen LogP contribution in [0.15, 0.2) is 170 Å². The Hall–Kier alpha value is -6.38. The molecule has 2 nitrogen and oxygen atoms in total. The zero-order chi connectivity index (χ0) is 35.9. The van der Waals surface area contributed by atoms with E-state index >= 15 is 0 Å². The van der Waals surface area contributed by atoms with Crippen LogP contribution in [0.1, 0.15) is 44.5 Å². The molecule has 0 aliphatic carbocycles. The number of para-hydroxylation sites is 1. The fourth-order valence-corrected chi connectivity index (χ4v) is 6.53. The number of anilines is 6. The molecule has 0 aliphatic rings. The first-order valence-electron chi connectivity index (χ1n) is 17.9. The van der Waals surface area contributed by atoms with E-state index in [0.29, 0.717) is 0 Å². The number of nitrogens with zero attached hydrogens (tertiary/aromatic N) is 2. The highest BCUT2D eigenvalue weighted by Crippen LogP contribution is 2.37. The van der Waals surface area contributed by atoms with E-state index in [0.717, 1.165) is 39.7 Å². The van der Waals surface area contributed by atoms with Gasteiger partial charge in [0.25, 0.3) is 0 Å². The Bertz CT molecular complexity index is 2270. The summed E-state index contributed by atoms with van der Waals surface area (Å²) in [7, 11) is 0. The van der Waals surface area contributed by atoms with Gasteiger partial charge in [-0.25, -0.2) is 0 Å². The smallest absolute Gasteiger partial charge is 0.0464 e. The van der Waals surface area contributed by atoms with Crippen LogP contribution >= 0.6 is 0 Å². The van der Waals surface area contributed by atoms with E-state index in [4.69, 9.17) is 0 Å². The maximum atomic E-state index is 2.32. The van der Waals surface area contributed by atoms with Gasteiger partial charge in [-0.05, 0) is 134 Å². The molecule has 0 fully saturated rings. The van der Waals surface area contributed by atoms with Gasteiger partial charge in [0.15, 0.2) is 0 Å². The number of rotatable bonds is 10. The molecule has 0 saturated heterocycles. The average Bonchev–Trinajstić information content (AvgIpc) is 3.17. The summed E-state index contributed by atoms with van der Waals surface area (Å²) >= 11 is 0. The minimum absolute atomic E-state index is 1.13. The van der Waals surface area contributed by atoms with Crippen LogP contribution in [0.25, 0.3) is 24.3 Å². The van der Waals surface area contributed by atoms with Crippen LogP contribution in [0.4, 0.5) is 34.1 Å². The number of benzene rings is 7. The average molecular weight is 673 g/mol. The van der Waals surface area contributed by atoms with E-state index in [-0.39, 0.29) is 0 Å². The molecule has 0 amide bonds. The van der Waals surface area contributed by atoms with Crippen molar-refractivity contribution < 1.29 is 0 Å². The van der Waals surface area contributed by atoms with Gasteiger partial charge >= 0.3 is 0 Å². The molecule has 2 heteroatoms. The van der Waals surface area contributed by atoms with E-state index in [2.05, 4.69) is 232 Å². The van der Waals surface area contributed by atoms with E-state index < -0.39 is 0 Å². The molecule has 7 aromatic rings.